The van der Waals surface area contributed by atoms with Crippen molar-refractivity contribution in [2.75, 3.05) is 38.5 Å². The molecule has 1 aromatic rings. The van der Waals surface area contributed by atoms with Gasteiger partial charge in [0.05, 0.1) is 0 Å². The molecule has 0 heterocycles. The van der Waals surface area contributed by atoms with Crippen molar-refractivity contribution in [1.82, 2.24) is 10.2 Å². The van der Waals surface area contributed by atoms with Gasteiger partial charge in [0.25, 0.3) is 0 Å². The van der Waals surface area contributed by atoms with Gasteiger partial charge in [0.1, 0.15) is 0 Å². The third-order valence-corrected chi connectivity index (χ3v) is 4.54. The second-order valence-corrected chi connectivity index (χ2v) is 6.03. The predicted octanol–water partition coefficient (Wildman–Crippen LogP) is 3.33. The third kappa shape index (κ3) is 6.46. The molecule has 0 aromatic heterocycles. The molecule has 3 heteroatoms. The van der Waals surface area contributed by atoms with Gasteiger partial charge in [-0.05, 0) is 38.6 Å². The van der Waals surface area contributed by atoms with Gasteiger partial charge in [-0.1, -0.05) is 31.5 Å². The van der Waals surface area contributed by atoms with Gasteiger partial charge in [-0.15, -0.1) is 11.8 Å². The number of nitrogens with one attached hydrogen (secondary N) is 1. The molecule has 1 rings (SSSR count). The van der Waals surface area contributed by atoms with Gasteiger partial charge in [0.15, 0.2) is 0 Å². The van der Waals surface area contributed by atoms with Crippen molar-refractivity contribution in [3.63, 3.8) is 0 Å². The number of thioether (sulfide) groups is 1. The second-order valence-electron chi connectivity index (χ2n) is 4.89. The van der Waals surface area contributed by atoms with E-state index < -0.39 is 0 Å². The highest BCUT2D eigenvalue weighted by atomic mass is 32.2. The Bertz CT molecular complexity index is 362. The molecule has 0 aliphatic heterocycles. The smallest absolute Gasteiger partial charge is 0.0107 e. The average molecular weight is 280 g/mol. The fourth-order valence-electron chi connectivity index (χ4n) is 2.00. The highest BCUT2D eigenvalue weighted by Gasteiger charge is 2.00. The third-order valence-electron chi connectivity index (χ3n) is 3.38. The molecule has 0 bridgehead atoms. The molecule has 0 amide bonds. The van der Waals surface area contributed by atoms with Crippen molar-refractivity contribution in [2.24, 2.45) is 0 Å². The average Bonchev–Trinajstić information content (AvgIpc) is 2.42. The first-order chi connectivity index (χ1) is 9.17. The zero-order chi connectivity index (χ0) is 14.1. The van der Waals surface area contributed by atoms with Crippen LogP contribution in [0, 0.1) is 13.8 Å². The largest absolute Gasteiger partial charge is 0.315 e. The molecular formula is C16H28N2S. The number of rotatable bonds is 9. The maximum atomic E-state index is 3.53. The van der Waals surface area contributed by atoms with E-state index in [0.717, 1.165) is 38.5 Å². The van der Waals surface area contributed by atoms with E-state index in [1.807, 2.05) is 11.8 Å². The van der Waals surface area contributed by atoms with E-state index in [2.05, 4.69) is 56.1 Å². The van der Waals surface area contributed by atoms with E-state index in [0.29, 0.717) is 0 Å². The lowest BCUT2D eigenvalue weighted by Gasteiger charge is -2.17. The van der Waals surface area contributed by atoms with Crippen LogP contribution in [0.25, 0.3) is 0 Å². The molecule has 19 heavy (non-hydrogen) atoms. The van der Waals surface area contributed by atoms with Crippen LogP contribution in [0.2, 0.25) is 0 Å². The number of aryl methyl sites for hydroxylation is 2. The van der Waals surface area contributed by atoms with Crippen molar-refractivity contribution >= 4 is 11.8 Å². The molecule has 0 aliphatic rings. The van der Waals surface area contributed by atoms with Crippen LogP contribution in [0.3, 0.4) is 0 Å². The van der Waals surface area contributed by atoms with Crippen LogP contribution in [0.5, 0.6) is 0 Å². The summed E-state index contributed by atoms with van der Waals surface area (Å²) < 4.78 is 0. The second kappa shape index (κ2) is 9.40. The molecule has 0 unspecified atom stereocenters. The highest BCUT2D eigenvalue weighted by molar-refractivity contribution is 7.99. The van der Waals surface area contributed by atoms with Gasteiger partial charge in [-0.3, -0.25) is 0 Å². The van der Waals surface area contributed by atoms with Crippen molar-refractivity contribution in [3.8, 4) is 0 Å². The van der Waals surface area contributed by atoms with Crippen LogP contribution in [-0.4, -0.2) is 43.4 Å². The Hall–Kier alpha value is -0.510. The molecular weight excluding hydrogens is 252 g/mol. The molecule has 0 fully saturated rings. The Morgan fingerprint density at radius 2 is 1.84 bits per heavy atom. The highest BCUT2D eigenvalue weighted by Crippen LogP contribution is 2.22. The molecule has 1 aromatic carbocycles. The van der Waals surface area contributed by atoms with Crippen LogP contribution >= 0.6 is 11.8 Å². The summed E-state index contributed by atoms with van der Waals surface area (Å²) in [6.45, 7) is 14.4. The zero-order valence-corrected chi connectivity index (χ0v) is 13.6. The number of benzene rings is 1. The van der Waals surface area contributed by atoms with E-state index in [-0.39, 0.29) is 0 Å². The number of hydrogen-bond donors (Lipinski definition) is 1. The van der Waals surface area contributed by atoms with Crippen molar-refractivity contribution in [2.45, 2.75) is 32.6 Å². The summed E-state index contributed by atoms with van der Waals surface area (Å²) in [5.41, 5.74) is 2.74. The Morgan fingerprint density at radius 3 is 2.53 bits per heavy atom. The van der Waals surface area contributed by atoms with Crippen LogP contribution < -0.4 is 5.32 Å². The van der Waals surface area contributed by atoms with Crippen molar-refractivity contribution < 1.29 is 0 Å². The maximum absolute atomic E-state index is 3.53. The first-order valence-corrected chi connectivity index (χ1v) is 8.29. The Morgan fingerprint density at radius 1 is 1.11 bits per heavy atom. The van der Waals surface area contributed by atoms with Gasteiger partial charge < -0.3 is 10.2 Å². The Labute approximate surface area is 123 Å². The molecule has 0 atom stereocenters. The van der Waals surface area contributed by atoms with Crippen molar-refractivity contribution in [3.05, 3.63) is 29.3 Å². The van der Waals surface area contributed by atoms with E-state index in [1.54, 1.807) is 0 Å². The summed E-state index contributed by atoms with van der Waals surface area (Å²) in [6.07, 6.45) is 0. The van der Waals surface area contributed by atoms with E-state index in [9.17, 15) is 0 Å². The molecule has 108 valence electrons. The van der Waals surface area contributed by atoms with E-state index >= 15 is 0 Å². The Balaban J connectivity index is 2.15. The fraction of sp³-hybridized carbons (Fsp3) is 0.625. The minimum absolute atomic E-state index is 1.08. The molecule has 0 aliphatic carbocycles. The topological polar surface area (TPSA) is 15.3 Å². The van der Waals surface area contributed by atoms with Gasteiger partial charge in [0.2, 0.25) is 0 Å². The van der Waals surface area contributed by atoms with Crippen LogP contribution in [-0.2, 0) is 0 Å². The summed E-state index contributed by atoms with van der Waals surface area (Å²) in [5, 5.41) is 3.53. The number of hydrogen-bond acceptors (Lipinski definition) is 3. The quantitative estimate of drug-likeness (QED) is 0.552. The Kier molecular flexibility index (Phi) is 8.19. The monoisotopic (exact) mass is 280 g/mol. The molecule has 1 N–H and O–H groups in total. The SMILES string of the molecule is CCN(CC)CCNCCSc1cc(C)ccc1C. The standard InChI is InChI=1S/C16H28N2S/c1-5-18(6-2)11-9-17-10-12-19-16-13-14(3)7-8-15(16)4/h7-8,13,17H,5-6,9-12H2,1-4H3. The molecule has 2 nitrogen and oxygen atoms in total. The molecule has 0 spiro atoms. The fourth-order valence-corrected chi connectivity index (χ4v) is 3.03. The molecule has 0 saturated heterocycles. The first kappa shape index (κ1) is 16.5. The lowest BCUT2D eigenvalue weighted by Crippen LogP contribution is -2.32. The summed E-state index contributed by atoms with van der Waals surface area (Å²) in [6, 6.07) is 6.68. The minimum Gasteiger partial charge on any atom is -0.315 e. The summed E-state index contributed by atoms with van der Waals surface area (Å²) in [5.74, 6) is 1.14. The summed E-state index contributed by atoms with van der Waals surface area (Å²) in [4.78, 5) is 3.87. The zero-order valence-electron chi connectivity index (χ0n) is 12.8. The lowest BCUT2D eigenvalue weighted by molar-refractivity contribution is 0.303. The molecule has 0 saturated carbocycles. The number of likely N-dealkylation sites (N-methyl/N-ethyl adjacent to an activating group) is 1. The van der Waals surface area contributed by atoms with Gasteiger partial charge in [-0.25, -0.2) is 0 Å². The maximum Gasteiger partial charge on any atom is 0.0107 e. The first-order valence-electron chi connectivity index (χ1n) is 7.30. The lowest BCUT2D eigenvalue weighted by atomic mass is 10.2. The molecule has 0 radical (unpaired) electrons. The summed E-state index contributed by atoms with van der Waals surface area (Å²) in [7, 11) is 0. The van der Waals surface area contributed by atoms with Crippen LogP contribution in [0.15, 0.2) is 23.1 Å². The predicted molar refractivity (Wildman–Crippen MR) is 87.3 cm³/mol. The minimum atomic E-state index is 1.08. The van der Waals surface area contributed by atoms with Crippen LogP contribution in [0.1, 0.15) is 25.0 Å². The summed E-state index contributed by atoms with van der Waals surface area (Å²) >= 11 is 1.96. The van der Waals surface area contributed by atoms with Gasteiger partial charge in [0, 0.05) is 30.3 Å². The van der Waals surface area contributed by atoms with E-state index in [4.69, 9.17) is 0 Å². The van der Waals surface area contributed by atoms with Crippen molar-refractivity contribution in [1.29, 1.82) is 0 Å². The van der Waals surface area contributed by atoms with Gasteiger partial charge in [-0.2, -0.15) is 0 Å². The van der Waals surface area contributed by atoms with Gasteiger partial charge >= 0.3 is 0 Å². The van der Waals surface area contributed by atoms with Crippen LogP contribution in [0.4, 0.5) is 0 Å². The normalized spacial score (nSPS) is 11.2. The number of nitrogens with zero attached hydrogens (tertiary/aromatic N) is 1. The van der Waals surface area contributed by atoms with E-state index in [1.165, 1.54) is 16.0 Å².